The first-order chi connectivity index (χ1) is 17.1. The smallest absolute Gasteiger partial charge is 0.300 e. The van der Waals surface area contributed by atoms with E-state index in [1.807, 2.05) is 13.8 Å². The van der Waals surface area contributed by atoms with Gasteiger partial charge in [-0.15, -0.1) is 0 Å². The van der Waals surface area contributed by atoms with Crippen LogP contribution in [0.1, 0.15) is 36.6 Å². The van der Waals surface area contributed by atoms with Gasteiger partial charge in [-0.1, -0.05) is 26.0 Å². The molecule has 1 unspecified atom stereocenters. The van der Waals surface area contributed by atoms with E-state index in [-0.39, 0.29) is 16.8 Å². The van der Waals surface area contributed by atoms with Crippen LogP contribution in [0.5, 0.6) is 5.75 Å². The summed E-state index contributed by atoms with van der Waals surface area (Å²) < 4.78 is 47.0. The fraction of sp³-hybridized carbons (Fsp3) is 0.214. The molecule has 1 atom stereocenters. The maximum Gasteiger partial charge on any atom is 0.300 e. The number of aryl methyl sites for hydroxylation is 1. The highest BCUT2D eigenvalue weighted by Gasteiger charge is 2.47. The number of hydrogen-bond acceptors (Lipinski definition) is 4. The summed E-state index contributed by atoms with van der Waals surface area (Å²) in [6.45, 7) is 6.30. The molecule has 3 aromatic carbocycles. The van der Waals surface area contributed by atoms with Crippen LogP contribution in [0.2, 0.25) is 0 Å². The normalized spacial score (nSPS) is 17.2. The minimum Gasteiger partial charge on any atom is -0.507 e. The van der Waals surface area contributed by atoms with Crippen LogP contribution in [-0.4, -0.2) is 23.4 Å². The van der Waals surface area contributed by atoms with E-state index in [9.17, 15) is 27.9 Å². The fourth-order valence-electron chi connectivity index (χ4n) is 4.06. The van der Waals surface area contributed by atoms with Gasteiger partial charge in [0.05, 0.1) is 18.2 Å². The largest absolute Gasteiger partial charge is 0.507 e. The summed E-state index contributed by atoms with van der Waals surface area (Å²) in [5.74, 6) is -4.46. The number of ether oxygens (including phenoxy) is 1. The lowest BCUT2D eigenvalue weighted by Gasteiger charge is -2.25. The van der Waals surface area contributed by atoms with Crippen molar-refractivity contribution in [1.29, 1.82) is 0 Å². The van der Waals surface area contributed by atoms with Crippen LogP contribution < -0.4 is 9.64 Å². The lowest BCUT2D eigenvalue weighted by atomic mass is 9.94. The Hall–Kier alpha value is -4.07. The van der Waals surface area contributed by atoms with Crippen LogP contribution in [0.25, 0.3) is 5.76 Å². The average Bonchev–Trinajstić information content (AvgIpc) is 3.10. The van der Waals surface area contributed by atoms with Gasteiger partial charge in [0.1, 0.15) is 17.3 Å². The van der Waals surface area contributed by atoms with Gasteiger partial charge in [-0.2, -0.15) is 0 Å². The minimum atomic E-state index is -1.21. The van der Waals surface area contributed by atoms with Gasteiger partial charge in [-0.3, -0.25) is 14.5 Å². The lowest BCUT2D eigenvalue weighted by Crippen LogP contribution is -2.29. The molecule has 5 nitrogen and oxygen atoms in total. The number of aliphatic hydroxyl groups is 1. The second-order valence-corrected chi connectivity index (χ2v) is 9.00. The van der Waals surface area contributed by atoms with Crippen molar-refractivity contribution in [3.8, 4) is 5.75 Å². The van der Waals surface area contributed by atoms with Crippen molar-refractivity contribution >= 4 is 23.1 Å². The molecule has 0 saturated carbocycles. The highest BCUT2D eigenvalue weighted by molar-refractivity contribution is 6.51. The zero-order chi connectivity index (χ0) is 26.1. The van der Waals surface area contributed by atoms with E-state index in [1.54, 1.807) is 25.1 Å². The number of aliphatic hydroxyl groups excluding tert-OH is 1. The van der Waals surface area contributed by atoms with Gasteiger partial charge >= 0.3 is 0 Å². The van der Waals surface area contributed by atoms with Crippen molar-refractivity contribution in [3.63, 3.8) is 0 Å². The van der Waals surface area contributed by atoms with E-state index in [0.29, 0.717) is 29.4 Å². The van der Waals surface area contributed by atoms with E-state index in [1.165, 1.54) is 12.1 Å². The second-order valence-electron chi connectivity index (χ2n) is 9.00. The molecule has 4 rings (SSSR count). The molecule has 0 spiro atoms. The Morgan fingerprint density at radius 1 is 0.972 bits per heavy atom. The predicted octanol–water partition coefficient (Wildman–Crippen LogP) is 6.07. The third kappa shape index (κ3) is 4.71. The molecule has 0 aromatic heterocycles. The van der Waals surface area contributed by atoms with Crippen molar-refractivity contribution in [1.82, 2.24) is 0 Å². The molecule has 36 heavy (non-hydrogen) atoms. The van der Waals surface area contributed by atoms with E-state index in [0.717, 1.165) is 35.2 Å². The van der Waals surface area contributed by atoms with E-state index in [2.05, 4.69) is 0 Å². The van der Waals surface area contributed by atoms with E-state index < -0.39 is 40.9 Å². The Kier molecular flexibility index (Phi) is 6.88. The monoisotopic (exact) mass is 495 g/mol. The van der Waals surface area contributed by atoms with Crippen molar-refractivity contribution in [3.05, 3.63) is 100 Å². The molecule has 3 aromatic rings. The molecule has 1 aliphatic rings. The number of ketones is 1. The molecule has 0 aliphatic carbocycles. The minimum absolute atomic E-state index is 0.0852. The maximum atomic E-state index is 14.0. The van der Waals surface area contributed by atoms with E-state index in [4.69, 9.17) is 4.74 Å². The van der Waals surface area contributed by atoms with Crippen LogP contribution >= 0.6 is 0 Å². The number of carbonyl (C=O) groups is 2. The number of carbonyl (C=O) groups excluding carboxylic acids is 2. The van der Waals surface area contributed by atoms with Crippen LogP contribution in [0.4, 0.5) is 18.9 Å². The van der Waals surface area contributed by atoms with Gasteiger partial charge in [0.2, 0.25) is 0 Å². The number of rotatable bonds is 6. The quantitative estimate of drug-likeness (QED) is 0.256. The molecule has 1 heterocycles. The summed E-state index contributed by atoms with van der Waals surface area (Å²) in [5.41, 5.74) is 0.924. The van der Waals surface area contributed by atoms with Gasteiger partial charge in [-0.25, -0.2) is 13.2 Å². The Balaban J connectivity index is 1.86. The molecular weight excluding hydrogens is 471 g/mol. The number of Topliss-reactive ketones (excluding diaryl/α,β-unsaturated/α-hetero) is 1. The van der Waals surface area contributed by atoms with Crippen LogP contribution in [-0.2, 0) is 9.59 Å². The number of amides is 1. The third-order valence-corrected chi connectivity index (χ3v) is 5.83. The first kappa shape index (κ1) is 25.0. The van der Waals surface area contributed by atoms with Crippen molar-refractivity contribution in [2.24, 2.45) is 5.92 Å². The molecule has 0 radical (unpaired) electrons. The number of halogens is 3. The summed E-state index contributed by atoms with van der Waals surface area (Å²) in [5, 5.41) is 11.2. The summed E-state index contributed by atoms with van der Waals surface area (Å²) in [7, 11) is 0. The van der Waals surface area contributed by atoms with Gasteiger partial charge < -0.3 is 9.84 Å². The van der Waals surface area contributed by atoms with Crippen LogP contribution in [0.15, 0.2) is 66.2 Å². The summed E-state index contributed by atoms with van der Waals surface area (Å²) in [6, 6.07) is 11.4. The van der Waals surface area contributed by atoms with Crippen LogP contribution in [0, 0.1) is 30.3 Å². The zero-order valence-corrected chi connectivity index (χ0v) is 19.9. The topological polar surface area (TPSA) is 66.8 Å². The molecule has 0 bridgehead atoms. The Bertz CT molecular complexity index is 1370. The molecular formula is C28H24F3NO4. The number of hydrogen-bond donors (Lipinski definition) is 1. The Morgan fingerprint density at radius 3 is 2.28 bits per heavy atom. The van der Waals surface area contributed by atoms with Crippen LogP contribution in [0.3, 0.4) is 0 Å². The van der Waals surface area contributed by atoms with Crippen molar-refractivity contribution in [2.75, 3.05) is 11.5 Å². The first-order valence-electron chi connectivity index (χ1n) is 11.3. The van der Waals surface area contributed by atoms with Gasteiger partial charge in [-0.05, 0) is 66.4 Å². The molecule has 8 heteroatoms. The summed E-state index contributed by atoms with van der Waals surface area (Å²) in [6.07, 6.45) is 0. The maximum absolute atomic E-state index is 14.0. The van der Waals surface area contributed by atoms with Gasteiger partial charge in [0, 0.05) is 17.3 Å². The fourth-order valence-corrected chi connectivity index (χ4v) is 4.06. The number of nitrogens with zero attached hydrogens (tertiary/aromatic N) is 1. The number of anilines is 1. The Morgan fingerprint density at radius 2 is 1.67 bits per heavy atom. The lowest BCUT2D eigenvalue weighted by molar-refractivity contribution is -0.132. The summed E-state index contributed by atoms with van der Waals surface area (Å²) >= 11 is 0. The molecule has 1 N–H and O–H groups in total. The van der Waals surface area contributed by atoms with Crippen molar-refractivity contribution in [2.45, 2.75) is 26.8 Å². The standard InChI is InChI=1S/C28H24F3NO4/c1-15(2)14-36-23-11-6-18(12-16(23)3)26(33)24-25(17-4-7-19(29)8-5-17)32(28(35)27(24)34)20-9-10-21(30)22(31)13-20/h4-13,15,25,33H,14H2,1-3H3/b26-24+. The third-order valence-electron chi connectivity index (χ3n) is 5.83. The van der Waals surface area contributed by atoms with Gasteiger partial charge in [0.25, 0.3) is 11.7 Å². The molecule has 186 valence electrons. The zero-order valence-electron chi connectivity index (χ0n) is 19.9. The SMILES string of the molecule is Cc1cc(/C(O)=C2\C(=O)C(=O)N(c3ccc(F)c(F)c3)C2c2ccc(F)cc2)ccc1OCC(C)C. The first-order valence-corrected chi connectivity index (χ1v) is 11.3. The second kappa shape index (κ2) is 9.89. The van der Waals surface area contributed by atoms with Crippen molar-refractivity contribution < 1.29 is 32.6 Å². The highest BCUT2D eigenvalue weighted by Crippen LogP contribution is 2.42. The molecule has 1 fully saturated rings. The molecule has 1 saturated heterocycles. The van der Waals surface area contributed by atoms with Gasteiger partial charge in [0.15, 0.2) is 11.6 Å². The number of benzene rings is 3. The summed E-state index contributed by atoms with van der Waals surface area (Å²) in [4.78, 5) is 27.2. The predicted molar refractivity (Wildman–Crippen MR) is 129 cm³/mol. The molecule has 1 amide bonds. The Labute approximate surface area is 206 Å². The van der Waals surface area contributed by atoms with E-state index >= 15 is 0 Å². The highest BCUT2D eigenvalue weighted by atomic mass is 19.2. The average molecular weight is 495 g/mol. The molecule has 1 aliphatic heterocycles.